The minimum atomic E-state index is -0.589. The van der Waals surface area contributed by atoms with Crippen LogP contribution >= 0.6 is 0 Å². The van der Waals surface area contributed by atoms with Gasteiger partial charge in [-0.25, -0.2) is 0 Å². The van der Waals surface area contributed by atoms with Crippen molar-refractivity contribution in [2.45, 2.75) is 38.1 Å². The molecule has 1 fully saturated rings. The molecule has 1 unspecified atom stereocenters. The van der Waals surface area contributed by atoms with Gasteiger partial charge in [-0.05, 0) is 31.9 Å². The Kier molecular flexibility index (Phi) is 3.13. The Balaban J connectivity index is 2.14. The van der Waals surface area contributed by atoms with Crippen molar-refractivity contribution in [2.75, 3.05) is 0 Å². The summed E-state index contributed by atoms with van der Waals surface area (Å²) in [6, 6.07) is 9.55. The molecule has 1 aromatic carbocycles. The van der Waals surface area contributed by atoms with E-state index in [9.17, 15) is 4.79 Å². The van der Waals surface area contributed by atoms with Gasteiger partial charge in [-0.1, -0.05) is 24.6 Å². The van der Waals surface area contributed by atoms with Crippen LogP contribution in [0.1, 0.15) is 32.6 Å². The molecule has 0 heterocycles. The molecule has 0 radical (unpaired) electrons. The Morgan fingerprint density at radius 2 is 1.94 bits per heavy atom. The lowest BCUT2D eigenvalue weighted by Gasteiger charge is -2.26. The van der Waals surface area contributed by atoms with Gasteiger partial charge in [0.05, 0.1) is 5.69 Å². The predicted octanol–water partition coefficient (Wildman–Crippen LogP) is 3.67. The molecule has 0 aliphatic heterocycles. The summed E-state index contributed by atoms with van der Waals surface area (Å²) in [5, 5.41) is 8.40. The first kappa shape index (κ1) is 11.0. The van der Waals surface area contributed by atoms with Crippen LogP contribution in [0.15, 0.2) is 40.6 Å². The Labute approximate surface area is 95.6 Å². The topological polar surface area (TPSA) is 41.8 Å². The molecule has 3 heteroatoms. The normalized spacial score (nSPS) is 26.2. The first-order chi connectivity index (χ1) is 7.71. The van der Waals surface area contributed by atoms with E-state index < -0.39 is 5.54 Å². The van der Waals surface area contributed by atoms with Crippen LogP contribution in [-0.2, 0) is 4.79 Å². The lowest BCUT2D eigenvalue weighted by atomic mass is 9.83. The number of benzene rings is 1. The lowest BCUT2D eigenvalue weighted by Crippen LogP contribution is -2.35. The van der Waals surface area contributed by atoms with Crippen molar-refractivity contribution in [1.82, 2.24) is 0 Å². The van der Waals surface area contributed by atoms with E-state index in [1.54, 1.807) is 0 Å². The fourth-order valence-corrected chi connectivity index (χ4v) is 1.93. The van der Waals surface area contributed by atoms with Crippen LogP contribution in [0.2, 0.25) is 0 Å². The molecule has 0 aromatic heterocycles. The first-order valence-electron chi connectivity index (χ1n) is 5.72. The molecule has 0 bridgehead atoms. The fourth-order valence-electron chi connectivity index (χ4n) is 1.93. The van der Waals surface area contributed by atoms with E-state index in [4.69, 9.17) is 0 Å². The summed E-state index contributed by atoms with van der Waals surface area (Å²) >= 11 is 0. The number of hydrogen-bond donors (Lipinski definition) is 0. The van der Waals surface area contributed by atoms with E-state index >= 15 is 0 Å². The summed E-state index contributed by atoms with van der Waals surface area (Å²) in [5.41, 5.74) is 0.218. The van der Waals surface area contributed by atoms with Crippen molar-refractivity contribution in [1.29, 1.82) is 0 Å². The van der Waals surface area contributed by atoms with E-state index in [1.165, 1.54) is 0 Å². The highest BCUT2D eigenvalue weighted by molar-refractivity contribution is 5.88. The summed E-state index contributed by atoms with van der Waals surface area (Å²) in [6.45, 7) is 1.89. The van der Waals surface area contributed by atoms with Gasteiger partial charge in [0, 0.05) is 6.42 Å². The monoisotopic (exact) mass is 216 g/mol. The highest BCUT2D eigenvalue weighted by atomic mass is 16.1. The fraction of sp³-hybridized carbons (Fsp3) is 0.462. The minimum absolute atomic E-state index is 0.221. The summed E-state index contributed by atoms with van der Waals surface area (Å²) < 4.78 is 0. The van der Waals surface area contributed by atoms with Crippen molar-refractivity contribution in [3.05, 3.63) is 30.3 Å². The maximum atomic E-state index is 11.8. The molecule has 1 atom stereocenters. The van der Waals surface area contributed by atoms with Crippen LogP contribution in [0.25, 0.3) is 0 Å². The molecule has 1 aliphatic carbocycles. The average molecular weight is 216 g/mol. The van der Waals surface area contributed by atoms with Gasteiger partial charge in [0.25, 0.3) is 0 Å². The zero-order valence-electron chi connectivity index (χ0n) is 9.52. The van der Waals surface area contributed by atoms with Crippen molar-refractivity contribution in [3.63, 3.8) is 0 Å². The molecule has 1 aromatic rings. The molecule has 1 saturated carbocycles. The Bertz CT molecular complexity index is 400. The maximum absolute atomic E-state index is 11.8. The van der Waals surface area contributed by atoms with Crippen molar-refractivity contribution < 1.29 is 4.79 Å². The van der Waals surface area contributed by atoms with E-state index in [0.717, 1.165) is 24.9 Å². The molecule has 16 heavy (non-hydrogen) atoms. The van der Waals surface area contributed by atoms with Gasteiger partial charge >= 0.3 is 0 Å². The van der Waals surface area contributed by atoms with Gasteiger partial charge in [0.1, 0.15) is 5.54 Å². The average Bonchev–Trinajstić information content (AvgIpc) is 2.32. The van der Waals surface area contributed by atoms with Gasteiger partial charge in [-0.2, -0.15) is 10.2 Å². The quantitative estimate of drug-likeness (QED) is 0.695. The van der Waals surface area contributed by atoms with Gasteiger partial charge in [-0.15, -0.1) is 0 Å². The summed E-state index contributed by atoms with van der Waals surface area (Å²) in [5.74, 6) is 0.221. The molecule has 0 saturated heterocycles. The Hall–Kier alpha value is -1.51. The first-order valence-corrected chi connectivity index (χ1v) is 5.72. The van der Waals surface area contributed by atoms with E-state index in [0.29, 0.717) is 6.42 Å². The highest BCUT2D eigenvalue weighted by Gasteiger charge is 2.35. The van der Waals surface area contributed by atoms with Crippen molar-refractivity contribution in [3.8, 4) is 0 Å². The second-order valence-corrected chi connectivity index (χ2v) is 4.44. The molecular formula is C13H16N2O. The molecule has 0 amide bonds. The van der Waals surface area contributed by atoms with Gasteiger partial charge < -0.3 is 0 Å². The molecular weight excluding hydrogens is 200 g/mol. The smallest absolute Gasteiger partial charge is 0.161 e. The van der Waals surface area contributed by atoms with E-state index in [-0.39, 0.29) is 5.78 Å². The minimum Gasteiger partial charge on any atom is -0.297 e. The van der Waals surface area contributed by atoms with E-state index in [2.05, 4.69) is 10.2 Å². The maximum Gasteiger partial charge on any atom is 0.161 e. The van der Waals surface area contributed by atoms with Crippen molar-refractivity contribution >= 4 is 11.5 Å². The second-order valence-electron chi connectivity index (χ2n) is 4.44. The third kappa shape index (κ3) is 2.35. The van der Waals surface area contributed by atoms with Crippen LogP contribution in [-0.4, -0.2) is 11.3 Å². The summed E-state index contributed by atoms with van der Waals surface area (Å²) in [4.78, 5) is 11.8. The molecule has 1 aliphatic rings. The number of azo groups is 1. The standard InChI is InChI=1S/C13H16N2O/c1-13(10-6-5-9-12(13)16)15-14-11-7-3-2-4-8-11/h2-4,7-8H,5-6,9-10H2,1H3. The molecule has 3 nitrogen and oxygen atoms in total. The number of Topliss-reactive ketones (excluding diaryl/α,β-unsaturated/α-hetero) is 1. The predicted molar refractivity (Wildman–Crippen MR) is 62.8 cm³/mol. The van der Waals surface area contributed by atoms with Crippen LogP contribution < -0.4 is 0 Å². The molecule has 0 N–H and O–H groups in total. The Morgan fingerprint density at radius 3 is 2.62 bits per heavy atom. The third-order valence-electron chi connectivity index (χ3n) is 3.06. The number of ketones is 1. The van der Waals surface area contributed by atoms with Crippen LogP contribution in [0.4, 0.5) is 5.69 Å². The van der Waals surface area contributed by atoms with Gasteiger partial charge in [0.15, 0.2) is 5.78 Å². The zero-order chi connectivity index (χ0) is 11.4. The highest BCUT2D eigenvalue weighted by Crippen LogP contribution is 2.29. The number of carbonyl (C=O) groups excluding carboxylic acids is 1. The Morgan fingerprint density at radius 1 is 1.19 bits per heavy atom. The molecule has 0 spiro atoms. The number of carbonyl (C=O) groups is 1. The van der Waals surface area contributed by atoms with Gasteiger partial charge in [-0.3, -0.25) is 4.79 Å². The summed E-state index contributed by atoms with van der Waals surface area (Å²) in [7, 11) is 0. The second kappa shape index (κ2) is 4.56. The lowest BCUT2D eigenvalue weighted by molar-refractivity contribution is -0.125. The zero-order valence-corrected chi connectivity index (χ0v) is 9.52. The van der Waals surface area contributed by atoms with Gasteiger partial charge in [0.2, 0.25) is 0 Å². The number of hydrogen-bond acceptors (Lipinski definition) is 3. The van der Waals surface area contributed by atoms with Crippen LogP contribution in [0.3, 0.4) is 0 Å². The molecule has 84 valence electrons. The SMILES string of the molecule is CC1(N=Nc2ccccc2)CCCCC1=O. The van der Waals surface area contributed by atoms with Crippen LogP contribution in [0.5, 0.6) is 0 Å². The number of nitrogens with zero attached hydrogens (tertiary/aromatic N) is 2. The third-order valence-corrected chi connectivity index (χ3v) is 3.06. The van der Waals surface area contributed by atoms with Crippen molar-refractivity contribution in [2.24, 2.45) is 10.2 Å². The summed E-state index contributed by atoms with van der Waals surface area (Å²) in [6.07, 6.45) is 3.53. The molecule has 2 rings (SSSR count). The van der Waals surface area contributed by atoms with E-state index in [1.807, 2.05) is 37.3 Å². The largest absolute Gasteiger partial charge is 0.297 e. The van der Waals surface area contributed by atoms with Crippen LogP contribution in [0, 0.1) is 0 Å². The number of rotatable bonds is 2.